The molecule has 0 saturated carbocycles. The second-order valence-electron chi connectivity index (χ2n) is 8.71. The lowest BCUT2D eigenvalue weighted by molar-refractivity contribution is 0.0992. The van der Waals surface area contributed by atoms with Crippen molar-refractivity contribution in [1.82, 2.24) is 24.8 Å². The SMILES string of the molecule is CN1CCC(Nc2cncc(-c3cc4cc(CC(=O)c5ccc(F)cc5)ncc4cn3)n2)CC1. The zero-order valence-corrected chi connectivity index (χ0v) is 18.9. The Kier molecular flexibility index (Phi) is 6.22. The molecular weight excluding hydrogens is 431 g/mol. The number of nitrogens with one attached hydrogen (secondary N) is 1. The lowest BCUT2D eigenvalue weighted by atomic mass is 10.0. The number of benzene rings is 1. The van der Waals surface area contributed by atoms with Crippen LogP contribution in [-0.2, 0) is 6.42 Å². The van der Waals surface area contributed by atoms with Gasteiger partial charge in [-0.05, 0) is 74.8 Å². The summed E-state index contributed by atoms with van der Waals surface area (Å²) in [6.45, 7) is 2.13. The number of anilines is 1. The van der Waals surface area contributed by atoms with E-state index in [1.54, 1.807) is 24.8 Å². The number of carbonyl (C=O) groups excluding carboxylic acids is 1. The average molecular weight is 457 g/mol. The van der Waals surface area contributed by atoms with E-state index < -0.39 is 0 Å². The predicted molar refractivity (Wildman–Crippen MR) is 129 cm³/mol. The smallest absolute Gasteiger partial charge is 0.168 e. The molecule has 0 radical (unpaired) electrons. The summed E-state index contributed by atoms with van der Waals surface area (Å²) in [5.41, 5.74) is 2.49. The molecule has 5 rings (SSSR count). The summed E-state index contributed by atoms with van der Waals surface area (Å²) in [4.78, 5) is 32.9. The van der Waals surface area contributed by atoms with E-state index in [4.69, 9.17) is 4.98 Å². The quantitative estimate of drug-likeness (QED) is 0.436. The summed E-state index contributed by atoms with van der Waals surface area (Å²) in [7, 11) is 2.14. The third kappa shape index (κ3) is 5.07. The molecule has 1 fully saturated rings. The number of hydrogen-bond donors (Lipinski definition) is 1. The first-order chi connectivity index (χ1) is 16.5. The molecule has 0 bridgehead atoms. The van der Waals surface area contributed by atoms with Crippen LogP contribution >= 0.6 is 0 Å². The number of piperidine rings is 1. The van der Waals surface area contributed by atoms with Gasteiger partial charge in [0.1, 0.15) is 17.3 Å². The van der Waals surface area contributed by atoms with Gasteiger partial charge in [-0.1, -0.05) is 0 Å². The second kappa shape index (κ2) is 9.61. The van der Waals surface area contributed by atoms with E-state index in [2.05, 4.69) is 32.2 Å². The lowest BCUT2D eigenvalue weighted by Crippen LogP contribution is -2.36. The average Bonchev–Trinajstić information content (AvgIpc) is 2.85. The van der Waals surface area contributed by atoms with E-state index in [0.717, 1.165) is 42.5 Å². The van der Waals surface area contributed by atoms with Crippen LogP contribution in [-0.4, -0.2) is 56.8 Å². The van der Waals surface area contributed by atoms with Gasteiger partial charge in [0.25, 0.3) is 0 Å². The number of Topliss-reactive ketones (excluding diaryl/α,β-unsaturated/α-hetero) is 1. The first kappa shape index (κ1) is 22.0. The van der Waals surface area contributed by atoms with Crippen LogP contribution in [0.4, 0.5) is 10.2 Å². The highest BCUT2D eigenvalue weighted by molar-refractivity contribution is 5.97. The van der Waals surface area contributed by atoms with Gasteiger partial charge >= 0.3 is 0 Å². The molecule has 7 nitrogen and oxygen atoms in total. The van der Waals surface area contributed by atoms with Crippen molar-refractivity contribution >= 4 is 22.4 Å². The number of aromatic nitrogens is 4. The van der Waals surface area contributed by atoms with Crippen LogP contribution in [0.1, 0.15) is 28.9 Å². The van der Waals surface area contributed by atoms with Crippen LogP contribution in [0.15, 0.2) is 61.2 Å². The summed E-state index contributed by atoms with van der Waals surface area (Å²) in [5.74, 6) is 0.267. The van der Waals surface area contributed by atoms with E-state index in [1.165, 1.54) is 24.3 Å². The minimum Gasteiger partial charge on any atom is -0.366 e. The minimum atomic E-state index is -0.367. The Morgan fingerprint density at radius 2 is 1.76 bits per heavy atom. The molecule has 34 heavy (non-hydrogen) atoms. The van der Waals surface area contributed by atoms with Crippen molar-refractivity contribution in [2.75, 3.05) is 25.5 Å². The maximum absolute atomic E-state index is 13.1. The van der Waals surface area contributed by atoms with Crippen molar-refractivity contribution in [1.29, 1.82) is 0 Å². The van der Waals surface area contributed by atoms with Gasteiger partial charge in [-0.15, -0.1) is 0 Å². The van der Waals surface area contributed by atoms with Gasteiger partial charge in [0, 0.05) is 35.1 Å². The molecule has 4 aromatic rings. The summed E-state index contributed by atoms with van der Waals surface area (Å²) < 4.78 is 13.1. The van der Waals surface area contributed by atoms with Gasteiger partial charge in [0.2, 0.25) is 0 Å². The molecule has 0 atom stereocenters. The highest BCUT2D eigenvalue weighted by Gasteiger charge is 2.17. The molecule has 3 aromatic heterocycles. The summed E-state index contributed by atoms with van der Waals surface area (Å²) in [6, 6.07) is 9.77. The van der Waals surface area contributed by atoms with Crippen molar-refractivity contribution in [3.8, 4) is 11.4 Å². The fourth-order valence-corrected chi connectivity index (χ4v) is 4.14. The molecule has 1 aliphatic heterocycles. The van der Waals surface area contributed by atoms with E-state index in [1.807, 2.05) is 12.1 Å². The number of hydrogen-bond acceptors (Lipinski definition) is 7. The van der Waals surface area contributed by atoms with E-state index in [9.17, 15) is 9.18 Å². The number of halogens is 1. The molecule has 0 unspecified atom stereocenters. The van der Waals surface area contributed by atoms with Crippen LogP contribution in [0.2, 0.25) is 0 Å². The predicted octanol–water partition coefficient (Wildman–Crippen LogP) is 4.16. The Morgan fingerprint density at radius 3 is 2.56 bits per heavy atom. The number of pyridine rings is 2. The largest absolute Gasteiger partial charge is 0.366 e. The maximum Gasteiger partial charge on any atom is 0.168 e. The number of fused-ring (bicyclic) bond motifs is 1. The molecule has 0 aliphatic carbocycles. The molecular formula is C26H25FN6O. The molecule has 0 amide bonds. The molecule has 1 aromatic carbocycles. The first-order valence-corrected chi connectivity index (χ1v) is 11.3. The Hall–Kier alpha value is -3.78. The van der Waals surface area contributed by atoms with E-state index in [-0.39, 0.29) is 18.0 Å². The van der Waals surface area contributed by atoms with Crippen molar-refractivity contribution in [2.45, 2.75) is 25.3 Å². The number of likely N-dealkylation sites (tertiary alicyclic amines) is 1. The minimum absolute atomic E-state index is 0.111. The standard InChI is InChI=1S/C26H25FN6O/c1-33-8-6-21(7-9-33)31-26-16-28-15-24(32-26)23-11-18-10-22(29-13-19(18)14-30-23)12-25(34)17-2-4-20(27)5-3-17/h2-5,10-11,13-16,21H,6-9,12H2,1H3,(H,31,32). The van der Waals surface area contributed by atoms with E-state index in [0.29, 0.717) is 28.7 Å². The van der Waals surface area contributed by atoms with Gasteiger partial charge in [0.05, 0.1) is 24.5 Å². The van der Waals surface area contributed by atoms with Crippen molar-refractivity contribution < 1.29 is 9.18 Å². The van der Waals surface area contributed by atoms with Crippen LogP contribution in [0, 0.1) is 5.82 Å². The summed E-state index contributed by atoms with van der Waals surface area (Å²) >= 11 is 0. The lowest BCUT2D eigenvalue weighted by Gasteiger charge is -2.29. The van der Waals surface area contributed by atoms with Gasteiger partial charge < -0.3 is 10.2 Å². The summed E-state index contributed by atoms with van der Waals surface area (Å²) in [6.07, 6.45) is 9.19. The third-order valence-electron chi connectivity index (χ3n) is 6.14. The Bertz CT molecular complexity index is 1320. The van der Waals surface area contributed by atoms with Gasteiger partial charge in [-0.2, -0.15) is 0 Å². The Morgan fingerprint density at radius 1 is 1.00 bits per heavy atom. The van der Waals surface area contributed by atoms with Crippen LogP contribution < -0.4 is 5.32 Å². The number of carbonyl (C=O) groups is 1. The molecule has 1 saturated heterocycles. The highest BCUT2D eigenvalue weighted by atomic mass is 19.1. The molecule has 4 heterocycles. The zero-order chi connectivity index (χ0) is 23.5. The first-order valence-electron chi connectivity index (χ1n) is 11.3. The van der Waals surface area contributed by atoms with Gasteiger partial charge in [-0.3, -0.25) is 19.7 Å². The van der Waals surface area contributed by atoms with Gasteiger partial charge in [-0.25, -0.2) is 9.37 Å². The number of nitrogens with zero attached hydrogens (tertiary/aromatic N) is 5. The maximum atomic E-state index is 13.1. The van der Waals surface area contributed by atoms with E-state index >= 15 is 0 Å². The fourth-order valence-electron chi connectivity index (χ4n) is 4.14. The molecule has 0 spiro atoms. The Labute approximate surface area is 197 Å². The molecule has 8 heteroatoms. The van der Waals surface area contributed by atoms with Crippen LogP contribution in [0.5, 0.6) is 0 Å². The highest BCUT2D eigenvalue weighted by Crippen LogP contribution is 2.23. The topological polar surface area (TPSA) is 83.9 Å². The van der Waals surface area contributed by atoms with Crippen LogP contribution in [0.3, 0.4) is 0 Å². The van der Waals surface area contributed by atoms with Crippen molar-refractivity contribution in [3.05, 3.63) is 78.3 Å². The zero-order valence-electron chi connectivity index (χ0n) is 18.9. The number of ketones is 1. The van der Waals surface area contributed by atoms with Crippen LogP contribution in [0.25, 0.3) is 22.2 Å². The second-order valence-corrected chi connectivity index (χ2v) is 8.71. The van der Waals surface area contributed by atoms with Crippen molar-refractivity contribution in [2.24, 2.45) is 0 Å². The third-order valence-corrected chi connectivity index (χ3v) is 6.14. The molecule has 1 aliphatic rings. The Balaban J connectivity index is 1.35. The normalized spacial score (nSPS) is 14.9. The van der Waals surface area contributed by atoms with Gasteiger partial charge in [0.15, 0.2) is 5.78 Å². The molecule has 172 valence electrons. The fraction of sp³-hybridized carbons (Fsp3) is 0.269. The van der Waals surface area contributed by atoms with Crippen molar-refractivity contribution in [3.63, 3.8) is 0 Å². The monoisotopic (exact) mass is 456 g/mol. The summed E-state index contributed by atoms with van der Waals surface area (Å²) in [5, 5.41) is 5.28. The molecule has 1 N–H and O–H groups in total. The number of rotatable bonds is 6.